The first-order valence-corrected chi connectivity index (χ1v) is 12.8. The lowest BCUT2D eigenvalue weighted by atomic mass is 9.95. The van der Waals surface area contributed by atoms with E-state index in [2.05, 4.69) is 15.6 Å². The quantitative estimate of drug-likeness (QED) is 0.534. The normalized spacial score (nSPS) is 18.6. The zero-order valence-corrected chi connectivity index (χ0v) is 21.7. The van der Waals surface area contributed by atoms with E-state index in [9.17, 15) is 9.59 Å². The Hall–Kier alpha value is -3.36. The number of methoxy groups -OCH3 is 1. The lowest BCUT2D eigenvalue weighted by Crippen LogP contribution is -2.36. The number of aromatic nitrogens is 2. The van der Waals surface area contributed by atoms with Crippen LogP contribution in [0.25, 0.3) is 11.3 Å². The van der Waals surface area contributed by atoms with Crippen LogP contribution in [-0.4, -0.2) is 64.8 Å². The second kappa shape index (κ2) is 11.1. The van der Waals surface area contributed by atoms with Crippen LogP contribution in [0.4, 0.5) is 16.4 Å². The number of hydrogen-bond donors (Lipinski definition) is 2. The van der Waals surface area contributed by atoms with Crippen molar-refractivity contribution in [2.45, 2.75) is 77.0 Å². The molecule has 2 fully saturated rings. The average molecular weight is 496 g/mol. The van der Waals surface area contributed by atoms with Gasteiger partial charge in [-0.05, 0) is 64.3 Å². The highest BCUT2D eigenvalue weighted by Gasteiger charge is 2.30. The standard InChI is InChI=1S/C27H37N5O4/c1-27(2,3)36-26(34)32-13-11-21(17-32)30-24-16-19(25(33)35-4)14-22(31-24)18-10-12-28-23(15-18)29-20-8-6-5-7-9-20/h10,12,14-16,20-21H,5-9,11,13,17H2,1-4H3,(H,28,29)(H,30,31)/t21-/m1/s1. The molecule has 1 aliphatic heterocycles. The number of carbonyl (C=O) groups excluding carboxylic acids is 2. The van der Waals surface area contributed by atoms with Gasteiger partial charge in [-0.15, -0.1) is 0 Å². The van der Waals surface area contributed by atoms with E-state index in [-0.39, 0.29) is 12.1 Å². The molecular weight excluding hydrogens is 458 g/mol. The molecule has 4 rings (SSSR count). The van der Waals surface area contributed by atoms with Crippen molar-refractivity contribution in [3.8, 4) is 11.3 Å². The third-order valence-electron chi connectivity index (χ3n) is 6.45. The van der Waals surface area contributed by atoms with Crippen molar-refractivity contribution in [2.75, 3.05) is 30.8 Å². The predicted octanol–water partition coefficient (Wildman–Crippen LogP) is 5.10. The van der Waals surface area contributed by atoms with Crippen LogP contribution >= 0.6 is 0 Å². The molecule has 9 heteroatoms. The number of amides is 1. The van der Waals surface area contributed by atoms with Gasteiger partial charge in [0.1, 0.15) is 17.2 Å². The molecule has 36 heavy (non-hydrogen) atoms. The number of carbonyl (C=O) groups is 2. The van der Waals surface area contributed by atoms with Crippen LogP contribution in [0.15, 0.2) is 30.5 Å². The number of esters is 1. The van der Waals surface area contributed by atoms with Crippen molar-refractivity contribution >= 4 is 23.7 Å². The van der Waals surface area contributed by atoms with Gasteiger partial charge in [-0.1, -0.05) is 19.3 Å². The van der Waals surface area contributed by atoms with Gasteiger partial charge in [0.05, 0.1) is 18.4 Å². The Morgan fingerprint density at radius 2 is 1.75 bits per heavy atom. The minimum atomic E-state index is -0.539. The van der Waals surface area contributed by atoms with Crippen molar-refractivity contribution in [1.29, 1.82) is 0 Å². The van der Waals surface area contributed by atoms with Crippen molar-refractivity contribution in [3.63, 3.8) is 0 Å². The summed E-state index contributed by atoms with van der Waals surface area (Å²) in [7, 11) is 1.36. The summed E-state index contributed by atoms with van der Waals surface area (Å²) >= 11 is 0. The number of likely N-dealkylation sites (tertiary alicyclic amines) is 1. The van der Waals surface area contributed by atoms with Crippen LogP contribution in [0, 0.1) is 0 Å². The molecule has 3 heterocycles. The Morgan fingerprint density at radius 1 is 1.00 bits per heavy atom. The zero-order chi connectivity index (χ0) is 25.7. The van der Waals surface area contributed by atoms with Gasteiger partial charge < -0.3 is 25.0 Å². The first kappa shape index (κ1) is 25.7. The summed E-state index contributed by atoms with van der Waals surface area (Å²) in [6, 6.07) is 7.71. The maximum absolute atomic E-state index is 12.4. The molecule has 1 saturated heterocycles. The van der Waals surface area contributed by atoms with E-state index in [1.807, 2.05) is 32.9 Å². The van der Waals surface area contributed by atoms with Crippen LogP contribution in [0.1, 0.15) is 69.7 Å². The molecule has 2 aromatic heterocycles. The van der Waals surface area contributed by atoms with Crippen LogP contribution in [0.3, 0.4) is 0 Å². The maximum Gasteiger partial charge on any atom is 0.410 e. The van der Waals surface area contributed by atoms with Crippen LogP contribution in [0.5, 0.6) is 0 Å². The Morgan fingerprint density at radius 3 is 2.47 bits per heavy atom. The molecule has 0 unspecified atom stereocenters. The minimum Gasteiger partial charge on any atom is -0.465 e. The van der Waals surface area contributed by atoms with Crippen molar-refractivity contribution < 1.29 is 19.1 Å². The molecule has 1 saturated carbocycles. The fourth-order valence-electron chi connectivity index (χ4n) is 4.69. The highest BCUT2D eigenvalue weighted by Crippen LogP contribution is 2.27. The molecular formula is C27H37N5O4. The van der Waals surface area contributed by atoms with Gasteiger partial charge >= 0.3 is 12.1 Å². The minimum absolute atomic E-state index is 0.00765. The van der Waals surface area contributed by atoms with E-state index in [1.54, 1.807) is 23.2 Å². The monoisotopic (exact) mass is 495 g/mol. The SMILES string of the molecule is COC(=O)c1cc(N[C@@H]2CCN(C(=O)OC(C)(C)C)C2)nc(-c2ccnc(NC3CCCCC3)c2)c1. The summed E-state index contributed by atoms with van der Waals surface area (Å²) in [4.78, 5) is 35.8. The summed E-state index contributed by atoms with van der Waals surface area (Å²) in [5.74, 6) is 0.934. The predicted molar refractivity (Wildman–Crippen MR) is 139 cm³/mol. The summed E-state index contributed by atoms with van der Waals surface area (Å²) in [6.45, 7) is 6.66. The molecule has 1 atom stereocenters. The molecule has 0 aromatic carbocycles. The highest BCUT2D eigenvalue weighted by atomic mass is 16.6. The van der Waals surface area contributed by atoms with Gasteiger partial charge in [-0.3, -0.25) is 0 Å². The molecule has 2 aromatic rings. The maximum atomic E-state index is 12.4. The summed E-state index contributed by atoms with van der Waals surface area (Å²) in [5.41, 5.74) is 1.38. The number of hydrogen-bond acceptors (Lipinski definition) is 8. The van der Waals surface area contributed by atoms with E-state index < -0.39 is 11.6 Å². The second-order valence-corrected chi connectivity index (χ2v) is 10.6. The number of nitrogens with one attached hydrogen (secondary N) is 2. The highest BCUT2D eigenvalue weighted by molar-refractivity contribution is 5.91. The Balaban J connectivity index is 1.51. The fraction of sp³-hybridized carbons (Fsp3) is 0.556. The topological polar surface area (TPSA) is 106 Å². The molecule has 0 bridgehead atoms. The van der Waals surface area contributed by atoms with Gasteiger partial charge in [0.2, 0.25) is 0 Å². The fourth-order valence-corrected chi connectivity index (χ4v) is 4.69. The second-order valence-electron chi connectivity index (χ2n) is 10.6. The number of pyridine rings is 2. The number of ether oxygens (including phenoxy) is 2. The van der Waals surface area contributed by atoms with Crippen LogP contribution in [-0.2, 0) is 9.47 Å². The smallest absolute Gasteiger partial charge is 0.410 e. The molecule has 1 amide bonds. The van der Waals surface area contributed by atoms with Gasteiger partial charge in [0.15, 0.2) is 0 Å². The molecule has 1 aliphatic carbocycles. The van der Waals surface area contributed by atoms with E-state index in [1.165, 1.54) is 26.4 Å². The Bertz CT molecular complexity index is 1080. The lowest BCUT2D eigenvalue weighted by molar-refractivity contribution is 0.0293. The summed E-state index contributed by atoms with van der Waals surface area (Å²) in [5, 5.41) is 6.95. The molecule has 2 N–H and O–H groups in total. The first-order valence-electron chi connectivity index (χ1n) is 12.8. The van der Waals surface area contributed by atoms with Gasteiger partial charge in [-0.2, -0.15) is 0 Å². The van der Waals surface area contributed by atoms with Crippen LogP contribution < -0.4 is 10.6 Å². The Labute approximate surface area is 213 Å². The first-order chi connectivity index (χ1) is 17.2. The Kier molecular flexibility index (Phi) is 7.96. The largest absolute Gasteiger partial charge is 0.465 e. The van der Waals surface area contributed by atoms with Gasteiger partial charge in [0, 0.05) is 36.9 Å². The lowest BCUT2D eigenvalue weighted by Gasteiger charge is -2.24. The van der Waals surface area contributed by atoms with Gasteiger partial charge in [-0.25, -0.2) is 19.6 Å². The molecule has 9 nitrogen and oxygen atoms in total. The number of nitrogens with zero attached hydrogens (tertiary/aromatic N) is 3. The van der Waals surface area contributed by atoms with Crippen LogP contribution in [0.2, 0.25) is 0 Å². The summed E-state index contributed by atoms with van der Waals surface area (Å²) in [6.07, 6.45) is 8.26. The number of rotatable bonds is 6. The van der Waals surface area contributed by atoms with Gasteiger partial charge in [0.25, 0.3) is 0 Å². The van der Waals surface area contributed by atoms with Crippen molar-refractivity contribution in [2.24, 2.45) is 0 Å². The molecule has 0 radical (unpaired) electrons. The van der Waals surface area contributed by atoms with Crippen molar-refractivity contribution in [1.82, 2.24) is 14.9 Å². The molecule has 0 spiro atoms. The average Bonchev–Trinajstić information content (AvgIpc) is 3.32. The molecule has 194 valence electrons. The summed E-state index contributed by atoms with van der Waals surface area (Å²) < 4.78 is 10.5. The third-order valence-corrected chi connectivity index (χ3v) is 6.45. The van der Waals surface area contributed by atoms with E-state index in [0.717, 1.165) is 30.6 Å². The molecule has 2 aliphatic rings. The third kappa shape index (κ3) is 6.86. The van der Waals surface area contributed by atoms with E-state index in [0.29, 0.717) is 36.2 Å². The zero-order valence-electron chi connectivity index (χ0n) is 21.7. The number of anilines is 2. The van der Waals surface area contributed by atoms with E-state index in [4.69, 9.17) is 14.5 Å². The van der Waals surface area contributed by atoms with E-state index >= 15 is 0 Å². The van der Waals surface area contributed by atoms with Crippen molar-refractivity contribution in [3.05, 3.63) is 36.0 Å².